The van der Waals surface area contributed by atoms with E-state index < -0.39 is 0 Å². The molecule has 1 rings (SSSR count). The van der Waals surface area contributed by atoms with Crippen LogP contribution in [0.15, 0.2) is 12.3 Å². The van der Waals surface area contributed by atoms with Crippen LogP contribution in [0.5, 0.6) is 0 Å². The Morgan fingerprint density at radius 3 is 2.23 bits per heavy atom. The van der Waals surface area contributed by atoms with E-state index in [9.17, 15) is 0 Å². The van der Waals surface area contributed by atoms with Crippen molar-refractivity contribution in [2.75, 3.05) is 0 Å². The molecule has 2 unspecified atom stereocenters. The van der Waals surface area contributed by atoms with E-state index in [1.807, 2.05) is 0 Å². The predicted molar refractivity (Wildman–Crippen MR) is 58.5 cm³/mol. The summed E-state index contributed by atoms with van der Waals surface area (Å²) in [5.74, 6) is 1.55. The van der Waals surface area contributed by atoms with Crippen molar-refractivity contribution in [2.45, 2.75) is 53.1 Å². The highest BCUT2D eigenvalue weighted by atomic mass is 15.2. The van der Waals surface area contributed by atoms with Gasteiger partial charge in [-0.1, -0.05) is 26.8 Å². The van der Waals surface area contributed by atoms with Gasteiger partial charge in [-0.15, -0.1) is 0 Å². The van der Waals surface area contributed by atoms with Gasteiger partial charge in [0.15, 0.2) is 0 Å². The fourth-order valence-electron chi connectivity index (χ4n) is 2.45. The van der Waals surface area contributed by atoms with E-state index in [2.05, 4.69) is 51.8 Å². The van der Waals surface area contributed by atoms with Gasteiger partial charge in [0.05, 0.1) is 0 Å². The van der Waals surface area contributed by atoms with Crippen molar-refractivity contribution in [1.82, 2.24) is 4.90 Å². The van der Waals surface area contributed by atoms with E-state index in [1.54, 1.807) is 0 Å². The van der Waals surface area contributed by atoms with Crippen LogP contribution in [-0.2, 0) is 0 Å². The zero-order chi connectivity index (χ0) is 10.0. The summed E-state index contributed by atoms with van der Waals surface area (Å²) in [5.41, 5.74) is 0. The molecule has 0 radical (unpaired) electrons. The first-order chi connectivity index (χ1) is 6.04. The maximum Gasteiger partial charge on any atom is 0.0338 e. The Morgan fingerprint density at radius 1 is 1.23 bits per heavy atom. The molecule has 0 aliphatic carbocycles. The van der Waals surface area contributed by atoms with Crippen molar-refractivity contribution in [3.8, 4) is 0 Å². The van der Waals surface area contributed by atoms with Gasteiger partial charge in [-0.25, -0.2) is 0 Å². The van der Waals surface area contributed by atoms with E-state index in [0.717, 1.165) is 17.9 Å². The zero-order valence-corrected chi connectivity index (χ0v) is 9.62. The highest BCUT2D eigenvalue weighted by molar-refractivity contribution is 4.98. The lowest BCUT2D eigenvalue weighted by molar-refractivity contribution is 0.118. The van der Waals surface area contributed by atoms with Crippen molar-refractivity contribution in [2.24, 2.45) is 11.8 Å². The molecule has 0 amide bonds. The van der Waals surface area contributed by atoms with Gasteiger partial charge >= 0.3 is 0 Å². The van der Waals surface area contributed by atoms with Crippen LogP contribution >= 0.6 is 0 Å². The van der Waals surface area contributed by atoms with Crippen LogP contribution in [0.2, 0.25) is 0 Å². The normalized spacial score (nSPS) is 29.0. The maximum atomic E-state index is 2.51. The molecule has 0 saturated carbocycles. The summed E-state index contributed by atoms with van der Waals surface area (Å²) in [6.45, 7) is 11.6. The minimum Gasteiger partial charge on any atom is -0.372 e. The van der Waals surface area contributed by atoms with Gasteiger partial charge in [0.25, 0.3) is 0 Å². The molecule has 0 bridgehead atoms. The predicted octanol–water partition coefficient (Wildman–Crippen LogP) is 3.27. The van der Waals surface area contributed by atoms with Gasteiger partial charge < -0.3 is 4.90 Å². The van der Waals surface area contributed by atoms with E-state index in [0.29, 0.717) is 6.04 Å². The third-order valence-corrected chi connectivity index (χ3v) is 2.99. The molecule has 2 atom stereocenters. The number of allylic oxidation sites excluding steroid dienone is 1. The smallest absolute Gasteiger partial charge is 0.0338 e. The van der Waals surface area contributed by atoms with Gasteiger partial charge in [-0.3, -0.25) is 0 Å². The minimum absolute atomic E-state index is 0.631. The average molecular weight is 181 g/mol. The molecule has 0 aromatic carbocycles. The van der Waals surface area contributed by atoms with Crippen LogP contribution in [0.25, 0.3) is 0 Å². The minimum atomic E-state index is 0.631. The summed E-state index contributed by atoms with van der Waals surface area (Å²) >= 11 is 0. The summed E-state index contributed by atoms with van der Waals surface area (Å²) in [7, 11) is 0. The summed E-state index contributed by atoms with van der Waals surface area (Å²) in [5, 5.41) is 0. The molecule has 0 N–H and O–H groups in total. The van der Waals surface area contributed by atoms with Crippen molar-refractivity contribution >= 4 is 0 Å². The van der Waals surface area contributed by atoms with Gasteiger partial charge in [0.2, 0.25) is 0 Å². The lowest BCUT2D eigenvalue weighted by atomic mass is 9.85. The Balaban J connectivity index is 2.78. The second-order valence-corrected chi connectivity index (χ2v) is 4.87. The Hall–Kier alpha value is -0.460. The van der Waals surface area contributed by atoms with Gasteiger partial charge in [0, 0.05) is 12.1 Å². The van der Waals surface area contributed by atoms with Crippen LogP contribution in [0.1, 0.15) is 41.0 Å². The molecule has 0 fully saturated rings. The molecular weight excluding hydrogens is 158 g/mol. The molecule has 0 spiro atoms. The van der Waals surface area contributed by atoms with Crippen molar-refractivity contribution < 1.29 is 0 Å². The third-order valence-electron chi connectivity index (χ3n) is 2.99. The average Bonchev–Trinajstić information content (AvgIpc) is 2.02. The monoisotopic (exact) mass is 181 g/mol. The van der Waals surface area contributed by atoms with Gasteiger partial charge in [-0.05, 0) is 38.3 Å². The quantitative estimate of drug-likeness (QED) is 0.632. The molecule has 1 heterocycles. The Bertz CT molecular complexity index is 182. The number of nitrogens with zero attached hydrogens (tertiary/aromatic N) is 1. The molecule has 1 heteroatoms. The highest BCUT2D eigenvalue weighted by Crippen LogP contribution is 2.28. The SMILES string of the molecule is CC(C)C1C(C)CC=CN1C(C)C. The van der Waals surface area contributed by atoms with Gasteiger partial charge in [-0.2, -0.15) is 0 Å². The lowest BCUT2D eigenvalue weighted by Crippen LogP contribution is -2.45. The molecule has 0 saturated heterocycles. The third kappa shape index (κ3) is 2.26. The van der Waals surface area contributed by atoms with Crippen LogP contribution < -0.4 is 0 Å². The maximum absolute atomic E-state index is 2.51. The number of hydrogen-bond donors (Lipinski definition) is 0. The second-order valence-electron chi connectivity index (χ2n) is 4.87. The highest BCUT2D eigenvalue weighted by Gasteiger charge is 2.28. The van der Waals surface area contributed by atoms with Crippen molar-refractivity contribution in [3.05, 3.63) is 12.3 Å². The molecule has 1 aliphatic heterocycles. The summed E-state index contributed by atoms with van der Waals surface area (Å²) in [4.78, 5) is 2.51. The van der Waals surface area contributed by atoms with Gasteiger partial charge in [0.1, 0.15) is 0 Å². The first-order valence-corrected chi connectivity index (χ1v) is 5.48. The summed E-state index contributed by atoms with van der Waals surface area (Å²) in [6.07, 6.45) is 5.84. The van der Waals surface area contributed by atoms with E-state index in [-0.39, 0.29) is 0 Å². The van der Waals surface area contributed by atoms with E-state index in [4.69, 9.17) is 0 Å². The van der Waals surface area contributed by atoms with Crippen molar-refractivity contribution in [1.29, 1.82) is 0 Å². The zero-order valence-electron chi connectivity index (χ0n) is 9.62. The Morgan fingerprint density at radius 2 is 1.85 bits per heavy atom. The Kier molecular flexibility index (Phi) is 3.40. The number of rotatable bonds is 2. The first kappa shape index (κ1) is 10.6. The summed E-state index contributed by atoms with van der Waals surface area (Å²) < 4.78 is 0. The topological polar surface area (TPSA) is 3.24 Å². The molecule has 0 aromatic heterocycles. The van der Waals surface area contributed by atoms with Crippen LogP contribution in [0, 0.1) is 11.8 Å². The first-order valence-electron chi connectivity index (χ1n) is 5.48. The second kappa shape index (κ2) is 4.17. The van der Waals surface area contributed by atoms with Crippen LogP contribution in [-0.4, -0.2) is 17.0 Å². The molecule has 1 aliphatic rings. The Labute approximate surface area is 82.8 Å². The standard InChI is InChI=1S/C12H23N/c1-9(2)12-11(5)7-6-8-13(12)10(3)4/h6,8-12H,7H2,1-5H3. The molecule has 13 heavy (non-hydrogen) atoms. The fraction of sp³-hybridized carbons (Fsp3) is 0.833. The van der Waals surface area contributed by atoms with Crippen LogP contribution in [0.4, 0.5) is 0 Å². The van der Waals surface area contributed by atoms with Crippen molar-refractivity contribution in [3.63, 3.8) is 0 Å². The van der Waals surface area contributed by atoms with E-state index in [1.165, 1.54) is 6.42 Å². The molecule has 1 nitrogen and oxygen atoms in total. The molecule has 76 valence electrons. The molecule has 0 aromatic rings. The van der Waals surface area contributed by atoms with Crippen LogP contribution in [0.3, 0.4) is 0 Å². The van der Waals surface area contributed by atoms with E-state index >= 15 is 0 Å². The largest absolute Gasteiger partial charge is 0.372 e. The lowest BCUT2D eigenvalue weighted by Gasteiger charge is -2.42. The molecular formula is C12H23N. The number of hydrogen-bond acceptors (Lipinski definition) is 1. The fourth-order valence-corrected chi connectivity index (χ4v) is 2.45. The summed E-state index contributed by atoms with van der Waals surface area (Å²) in [6, 6.07) is 1.36.